The number of nitrogens with two attached hydrogens (primary N) is 2. The van der Waals surface area contributed by atoms with Gasteiger partial charge in [-0.1, -0.05) is 6.07 Å². The van der Waals surface area contributed by atoms with Crippen LogP contribution in [0.2, 0.25) is 0 Å². The maximum atomic E-state index is 12.7. The summed E-state index contributed by atoms with van der Waals surface area (Å²) in [6.45, 7) is 4.43. The number of ether oxygens (including phenoxy) is 1. The van der Waals surface area contributed by atoms with Crippen LogP contribution in [0.3, 0.4) is 0 Å². The Bertz CT molecular complexity index is 1520. The summed E-state index contributed by atoms with van der Waals surface area (Å²) in [6.07, 6.45) is 1.58. The van der Waals surface area contributed by atoms with E-state index in [0.717, 1.165) is 22.2 Å². The maximum absolute atomic E-state index is 12.7. The number of carbonyl (C=O) groups excluding carboxylic acids is 1. The van der Waals surface area contributed by atoms with Crippen molar-refractivity contribution in [2.45, 2.75) is 13.5 Å². The van der Waals surface area contributed by atoms with Crippen molar-refractivity contribution in [2.24, 2.45) is 11.6 Å². The molecule has 5 rings (SSSR count). The van der Waals surface area contributed by atoms with Crippen molar-refractivity contribution in [2.75, 3.05) is 31.3 Å². The van der Waals surface area contributed by atoms with E-state index in [1.807, 2.05) is 25.1 Å². The van der Waals surface area contributed by atoms with Gasteiger partial charge in [0, 0.05) is 36.3 Å². The summed E-state index contributed by atoms with van der Waals surface area (Å²) in [5.74, 6) is 6.23. The standard InChI is InChI=1S/C26H28N8O3/c1-17-2-9-24(35)34(31-17)15-18-3-8-23-21(14-18)25(30-29-23)22(27)16-33(28)20-6-4-19(5-7-20)26(36)32-10-12-37-13-11-32/h2-9,14,16H,10-13,15,27-28H2,1H3,(H,29,30)/b22-16-. The van der Waals surface area contributed by atoms with Crippen LogP contribution in [0.25, 0.3) is 16.6 Å². The third kappa shape index (κ3) is 5.22. The molecule has 11 heteroatoms. The number of anilines is 1. The second-order valence-corrected chi connectivity index (χ2v) is 8.87. The van der Waals surface area contributed by atoms with Gasteiger partial charge in [-0.15, -0.1) is 0 Å². The van der Waals surface area contributed by atoms with Crippen molar-refractivity contribution >= 4 is 28.2 Å². The molecule has 1 aliphatic heterocycles. The first-order valence-electron chi connectivity index (χ1n) is 11.9. The first kappa shape index (κ1) is 24.2. The molecule has 3 heterocycles. The summed E-state index contributed by atoms with van der Waals surface area (Å²) in [6, 6.07) is 16.0. The number of carbonyl (C=O) groups is 1. The third-order valence-corrected chi connectivity index (χ3v) is 6.22. The average molecular weight is 501 g/mol. The highest BCUT2D eigenvalue weighted by molar-refractivity contribution is 5.95. The van der Waals surface area contributed by atoms with Gasteiger partial charge in [0.1, 0.15) is 5.69 Å². The molecule has 0 radical (unpaired) electrons. The Labute approximate surface area is 212 Å². The first-order valence-corrected chi connectivity index (χ1v) is 11.9. The van der Waals surface area contributed by atoms with Crippen LogP contribution in [-0.2, 0) is 11.3 Å². The topological polar surface area (TPSA) is 148 Å². The molecular weight excluding hydrogens is 472 g/mol. The number of H-pyrrole nitrogens is 1. The molecule has 0 spiro atoms. The Hall–Kier alpha value is -4.48. The van der Waals surface area contributed by atoms with Gasteiger partial charge in [0.2, 0.25) is 0 Å². The SMILES string of the molecule is Cc1ccc(=O)n(Cc2ccc3[nH]nc(/C(N)=C/N(N)c4ccc(C(=O)N5CCOCC5)cc4)c3c2)n1. The Kier molecular flexibility index (Phi) is 6.71. The van der Waals surface area contributed by atoms with Gasteiger partial charge >= 0.3 is 0 Å². The van der Waals surface area contributed by atoms with Crippen LogP contribution in [0.1, 0.15) is 27.3 Å². The summed E-state index contributed by atoms with van der Waals surface area (Å²) < 4.78 is 6.73. The molecule has 0 unspecified atom stereocenters. The van der Waals surface area contributed by atoms with E-state index in [9.17, 15) is 9.59 Å². The number of benzene rings is 2. The lowest BCUT2D eigenvalue weighted by atomic mass is 10.1. The van der Waals surface area contributed by atoms with Crippen LogP contribution >= 0.6 is 0 Å². The van der Waals surface area contributed by atoms with Crippen LogP contribution in [0.4, 0.5) is 5.69 Å². The molecule has 0 saturated carbocycles. The van der Waals surface area contributed by atoms with E-state index < -0.39 is 0 Å². The van der Waals surface area contributed by atoms with Crippen molar-refractivity contribution in [3.05, 3.63) is 93.7 Å². The summed E-state index contributed by atoms with van der Waals surface area (Å²) in [5.41, 5.74) is 10.8. The number of aryl methyl sites for hydroxylation is 1. The van der Waals surface area contributed by atoms with Gasteiger partial charge in [-0.25, -0.2) is 10.5 Å². The quantitative estimate of drug-likeness (QED) is 0.267. The summed E-state index contributed by atoms with van der Waals surface area (Å²) in [4.78, 5) is 26.6. The molecule has 0 atom stereocenters. The number of aromatic nitrogens is 4. The molecule has 2 aromatic heterocycles. The van der Waals surface area contributed by atoms with E-state index in [1.54, 1.807) is 41.4 Å². The van der Waals surface area contributed by atoms with Gasteiger partial charge in [0.25, 0.3) is 11.5 Å². The molecule has 0 bridgehead atoms. The van der Waals surface area contributed by atoms with Crippen LogP contribution in [-0.4, -0.2) is 57.1 Å². The number of nitrogens with zero attached hydrogens (tertiary/aromatic N) is 5. The largest absolute Gasteiger partial charge is 0.396 e. The molecule has 1 aliphatic rings. The van der Waals surface area contributed by atoms with E-state index in [-0.39, 0.29) is 11.5 Å². The fourth-order valence-electron chi connectivity index (χ4n) is 4.23. The molecular formula is C26H28N8O3. The number of aromatic amines is 1. The molecule has 1 fully saturated rings. The third-order valence-electron chi connectivity index (χ3n) is 6.22. The van der Waals surface area contributed by atoms with Crippen molar-refractivity contribution < 1.29 is 9.53 Å². The number of fused-ring (bicyclic) bond motifs is 1. The van der Waals surface area contributed by atoms with E-state index >= 15 is 0 Å². The second kappa shape index (κ2) is 10.2. The lowest BCUT2D eigenvalue weighted by Crippen LogP contribution is -2.40. The Balaban J connectivity index is 1.35. The van der Waals surface area contributed by atoms with E-state index in [4.69, 9.17) is 16.3 Å². The summed E-state index contributed by atoms with van der Waals surface area (Å²) in [5, 5.41) is 13.8. The van der Waals surface area contributed by atoms with Crippen molar-refractivity contribution in [1.82, 2.24) is 24.9 Å². The lowest BCUT2D eigenvalue weighted by Gasteiger charge is -2.27. The van der Waals surface area contributed by atoms with Crippen molar-refractivity contribution in [3.63, 3.8) is 0 Å². The minimum atomic E-state index is -0.172. The van der Waals surface area contributed by atoms with Crippen LogP contribution in [0.5, 0.6) is 0 Å². The van der Waals surface area contributed by atoms with Crippen LogP contribution < -0.4 is 22.1 Å². The minimum absolute atomic E-state index is 0.0320. The molecule has 37 heavy (non-hydrogen) atoms. The van der Waals surface area contributed by atoms with Crippen LogP contribution in [0, 0.1) is 6.92 Å². The number of hydrogen-bond donors (Lipinski definition) is 3. The molecule has 5 N–H and O–H groups in total. The second-order valence-electron chi connectivity index (χ2n) is 8.87. The number of morpholine rings is 1. The Morgan fingerprint density at radius 2 is 1.89 bits per heavy atom. The fourth-order valence-corrected chi connectivity index (χ4v) is 4.23. The van der Waals surface area contributed by atoms with Crippen molar-refractivity contribution in [3.8, 4) is 0 Å². The average Bonchev–Trinajstić information content (AvgIpc) is 3.34. The number of nitrogens with one attached hydrogen (secondary N) is 1. The molecule has 11 nitrogen and oxygen atoms in total. The van der Waals surface area contributed by atoms with E-state index in [1.165, 1.54) is 15.8 Å². The van der Waals surface area contributed by atoms with Crippen LogP contribution in [0.15, 0.2) is 65.6 Å². The molecule has 2 aromatic carbocycles. The van der Waals surface area contributed by atoms with Gasteiger partial charge in [-0.2, -0.15) is 10.2 Å². The molecule has 1 saturated heterocycles. The molecule has 190 valence electrons. The number of amides is 1. The smallest absolute Gasteiger partial charge is 0.267 e. The van der Waals surface area contributed by atoms with Gasteiger partial charge in [-0.05, 0) is 55.0 Å². The predicted octanol–water partition coefficient (Wildman–Crippen LogP) is 1.59. The monoisotopic (exact) mass is 500 g/mol. The maximum Gasteiger partial charge on any atom is 0.267 e. The van der Waals surface area contributed by atoms with E-state index in [0.29, 0.717) is 55.5 Å². The summed E-state index contributed by atoms with van der Waals surface area (Å²) in [7, 11) is 0. The molecule has 1 amide bonds. The fraction of sp³-hybridized carbons (Fsp3) is 0.231. The Morgan fingerprint density at radius 1 is 1.14 bits per heavy atom. The number of rotatable bonds is 6. The molecule has 0 aliphatic carbocycles. The zero-order chi connectivity index (χ0) is 25.9. The highest BCUT2D eigenvalue weighted by atomic mass is 16.5. The van der Waals surface area contributed by atoms with Crippen molar-refractivity contribution in [1.29, 1.82) is 0 Å². The summed E-state index contributed by atoms with van der Waals surface area (Å²) >= 11 is 0. The predicted molar refractivity (Wildman–Crippen MR) is 140 cm³/mol. The lowest BCUT2D eigenvalue weighted by molar-refractivity contribution is 0.0303. The zero-order valence-electron chi connectivity index (χ0n) is 20.4. The number of hydrogen-bond acceptors (Lipinski definition) is 8. The first-order chi connectivity index (χ1) is 17.9. The molecule has 4 aromatic rings. The van der Waals surface area contributed by atoms with Gasteiger partial charge in [0.05, 0.1) is 42.4 Å². The van der Waals surface area contributed by atoms with Gasteiger partial charge in [-0.3, -0.25) is 19.7 Å². The van der Waals surface area contributed by atoms with E-state index in [2.05, 4.69) is 15.3 Å². The number of hydrazine groups is 1. The van der Waals surface area contributed by atoms with Gasteiger partial charge < -0.3 is 15.4 Å². The highest BCUT2D eigenvalue weighted by Gasteiger charge is 2.18. The Morgan fingerprint density at radius 3 is 2.65 bits per heavy atom. The highest BCUT2D eigenvalue weighted by Crippen LogP contribution is 2.23. The minimum Gasteiger partial charge on any atom is -0.396 e. The normalized spacial score (nSPS) is 14.2. The van der Waals surface area contributed by atoms with Gasteiger partial charge in [0.15, 0.2) is 0 Å². The zero-order valence-corrected chi connectivity index (χ0v) is 20.4.